The minimum Gasteiger partial charge on any atom is -0.369 e. The average Bonchev–Trinajstić information content (AvgIpc) is 2.95. The Labute approximate surface area is 124 Å². The number of amides is 2. The third-order valence-corrected chi connectivity index (χ3v) is 3.68. The van der Waals surface area contributed by atoms with E-state index < -0.39 is 0 Å². The molecule has 1 aliphatic rings. The molecular weight excluding hydrogens is 266 g/mol. The molecule has 4 N–H and O–H groups in total. The first-order valence-electron chi connectivity index (χ1n) is 6.91. The number of carbonyl (C=O) groups is 2. The highest BCUT2D eigenvalue weighted by Gasteiger charge is 2.30. The van der Waals surface area contributed by atoms with Crippen LogP contribution in [0, 0.1) is 24.7 Å². The summed E-state index contributed by atoms with van der Waals surface area (Å²) in [6.07, 6.45) is 0.639. The predicted molar refractivity (Wildman–Crippen MR) is 80.3 cm³/mol. The summed E-state index contributed by atoms with van der Waals surface area (Å²) in [5, 5.41) is 0. The van der Waals surface area contributed by atoms with Crippen LogP contribution in [0.5, 0.6) is 0 Å². The van der Waals surface area contributed by atoms with E-state index >= 15 is 0 Å². The lowest BCUT2D eigenvalue weighted by Gasteiger charge is -2.16. The summed E-state index contributed by atoms with van der Waals surface area (Å²) in [4.78, 5) is 25.3. The van der Waals surface area contributed by atoms with Crippen LogP contribution < -0.4 is 11.5 Å². The topological polar surface area (TPSA) is 89.4 Å². The lowest BCUT2D eigenvalue weighted by molar-refractivity contribution is -0.121. The van der Waals surface area contributed by atoms with Gasteiger partial charge in [0.2, 0.25) is 5.91 Å². The van der Waals surface area contributed by atoms with Crippen molar-refractivity contribution < 1.29 is 9.59 Å². The van der Waals surface area contributed by atoms with Crippen LogP contribution in [-0.2, 0) is 4.79 Å². The van der Waals surface area contributed by atoms with Gasteiger partial charge in [-0.15, -0.1) is 0 Å². The largest absolute Gasteiger partial charge is 0.369 e. The number of aryl methyl sites for hydroxylation is 1. The van der Waals surface area contributed by atoms with Crippen LogP contribution in [0.3, 0.4) is 0 Å². The molecule has 1 heterocycles. The van der Waals surface area contributed by atoms with Gasteiger partial charge in [-0.25, -0.2) is 0 Å². The van der Waals surface area contributed by atoms with Gasteiger partial charge in [-0.3, -0.25) is 9.59 Å². The van der Waals surface area contributed by atoms with Crippen LogP contribution in [0.15, 0.2) is 18.2 Å². The summed E-state index contributed by atoms with van der Waals surface area (Å²) in [5.74, 6) is 5.13. The normalized spacial score (nSPS) is 17.2. The van der Waals surface area contributed by atoms with Crippen LogP contribution in [-0.4, -0.2) is 36.3 Å². The Morgan fingerprint density at radius 1 is 1.43 bits per heavy atom. The van der Waals surface area contributed by atoms with E-state index in [0.29, 0.717) is 31.6 Å². The molecular formula is C16H19N3O2. The van der Waals surface area contributed by atoms with Crippen LogP contribution in [0.25, 0.3) is 0 Å². The number of carbonyl (C=O) groups excluding carboxylic acids is 2. The smallest absolute Gasteiger partial charge is 0.253 e. The van der Waals surface area contributed by atoms with Crippen LogP contribution in [0.1, 0.15) is 27.9 Å². The molecule has 0 aliphatic carbocycles. The molecule has 21 heavy (non-hydrogen) atoms. The second-order valence-corrected chi connectivity index (χ2v) is 5.17. The Bertz CT molecular complexity index is 628. The molecule has 1 aliphatic heterocycles. The number of hydrogen-bond donors (Lipinski definition) is 2. The molecule has 1 atom stereocenters. The van der Waals surface area contributed by atoms with Crippen molar-refractivity contribution in [2.75, 3.05) is 19.6 Å². The Morgan fingerprint density at radius 2 is 2.19 bits per heavy atom. The molecule has 2 amide bonds. The molecule has 0 saturated carbocycles. The molecule has 1 fully saturated rings. The average molecular weight is 285 g/mol. The number of primary amides is 1. The first-order valence-corrected chi connectivity index (χ1v) is 6.91. The van der Waals surface area contributed by atoms with Crippen LogP contribution in [0.4, 0.5) is 0 Å². The first kappa shape index (κ1) is 15.1. The van der Waals surface area contributed by atoms with Crippen LogP contribution >= 0.6 is 0 Å². The number of rotatable bonds is 2. The van der Waals surface area contributed by atoms with E-state index in [0.717, 1.165) is 11.1 Å². The van der Waals surface area contributed by atoms with E-state index in [-0.39, 0.29) is 17.7 Å². The Morgan fingerprint density at radius 3 is 2.76 bits per heavy atom. The van der Waals surface area contributed by atoms with E-state index in [1.54, 1.807) is 11.0 Å². The zero-order valence-electron chi connectivity index (χ0n) is 12.1. The zero-order chi connectivity index (χ0) is 15.4. The Balaban J connectivity index is 2.14. The maximum atomic E-state index is 12.4. The van der Waals surface area contributed by atoms with Gasteiger partial charge in [0, 0.05) is 24.2 Å². The van der Waals surface area contributed by atoms with Crippen molar-refractivity contribution >= 4 is 11.8 Å². The molecule has 5 nitrogen and oxygen atoms in total. The molecule has 0 radical (unpaired) electrons. The highest BCUT2D eigenvalue weighted by atomic mass is 16.2. The SMILES string of the molecule is Cc1cc(C(=O)N2CCC(C(N)=O)C2)ccc1C#CCN. The van der Waals surface area contributed by atoms with Gasteiger partial charge in [-0.1, -0.05) is 11.8 Å². The van der Waals surface area contributed by atoms with Gasteiger partial charge in [0.25, 0.3) is 5.91 Å². The number of hydrogen-bond acceptors (Lipinski definition) is 3. The highest BCUT2D eigenvalue weighted by Crippen LogP contribution is 2.19. The highest BCUT2D eigenvalue weighted by molar-refractivity contribution is 5.95. The van der Waals surface area contributed by atoms with E-state index in [2.05, 4.69) is 11.8 Å². The number of nitrogens with zero attached hydrogens (tertiary/aromatic N) is 1. The number of likely N-dealkylation sites (tertiary alicyclic amines) is 1. The van der Waals surface area contributed by atoms with Crippen molar-refractivity contribution in [3.05, 3.63) is 34.9 Å². The van der Waals surface area contributed by atoms with Gasteiger partial charge in [0.15, 0.2) is 0 Å². The molecule has 1 unspecified atom stereocenters. The molecule has 1 aromatic carbocycles. The molecule has 5 heteroatoms. The fourth-order valence-corrected chi connectivity index (χ4v) is 2.44. The molecule has 1 aromatic rings. The van der Waals surface area contributed by atoms with Crippen molar-refractivity contribution in [3.8, 4) is 11.8 Å². The third-order valence-electron chi connectivity index (χ3n) is 3.68. The molecule has 0 spiro atoms. The summed E-state index contributed by atoms with van der Waals surface area (Å²) < 4.78 is 0. The van der Waals surface area contributed by atoms with Crippen molar-refractivity contribution in [3.63, 3.8) is 0 Å². The molecule has 1 saturated heterocycles. The maximum absolute atomic E-state index is 12.4. The summed E-state index contributed by atoms with van der Waals surface area (Å²) in [7, 11) is 0. The van der Waals surface area contributed by atoms with Gasteiger partial charge in [-0.2, -0.15) is 0 Å². The van der Waals surface area contributed by atoms with E-state index in [4.69, 9.17) is 11.5 Å². The van der Waals surface area contributed by atoms with E-state index in [9.17, 15) is 9.59 Å². The molecule has 2 rings (SSSR count). The fourth-order valence-electron chi connectivity index (χ4n) is 2.44. The summed E-state index contributed by atoms with van der Waals surface area (Å²) >= 11 is 0. The minimum absolute atomic E-state index is 0.0693. The second-order valence-electron chi connectivity index (χ2n) is 5.17. The standard InChI is InChI=1S/C16H19N3O2/c1-11-9-13(5-4-12(11)3-2-7-17)16(21)19-8-6-14(10-19)15(18)20/h4-5,9,14H,6-8,10,17H2,1H3,(H2,18,20). The van der Waals surface area contributed by atoms with Gasteiger partial charge < -0.3 is 16.4 Å². The Kier molecular flexibility index (Phi) is 4.61. The van der Waals surface area contributed by atoms with Gasteiger partial charge in [0.1, 0.15) is 0 Å². The quantitative estimate of drug-likeness (QED) is 0.763. The fraction of sp³-hybridized carbons (Fsp3) is 0.375. The van der Waals surface area contributed by atoms with E-state index in [1.165, 1.54) is 0 Å². The van der Waals surface area contributed by atoms with Crippen molar-refractivity contribution in [2.45, 2.75) is 13.3 Å². The van der Waals surface area contributed by atoms with Crippen molar-refractivity contribution in [1.29, 1.82) is 0 Å². The summed E-state index contributed by atoms with van der Waals surface area (Å²) in [6, 6.07) is 5.40. The lowest BCUT2D eigenvalue weighted by Crippen LogP contribution is -2.31. The maximum Gasteiger partial charge on any atom is 0.253 e. The van der Waals surface area contributed by atoms with E-state index in [1.807, 2.05) is 19.1 Å². The van der Waals surface area contributed by atoms with Crippen molar-refractivity contribution in [2.24, 2.45) is 17.4 Å². The van der Waals surface area contributed by atoms with Gasteiger partial charge in [0.05, 0.1) is 12.5 Å². The van der Waals surface area contributed by atoms with Gasteiger partial charge in [-0.05, 0) is 37.1 Å². The lowest BCUT2D eigenvalue weighted by atomic mass is 10.0. The monoisotopic (exact) mass is 285 g/mol. The summed E-state index contributed by atoms with van der Waals surface area (Å²) in [6.45, 7) is 3.19. The van der Waals surface area contributed by atoms with Gasteiger partial charge >= 0.3 is 0 Å². The predicted octanol–water partition coefficient (Wildman–Crippen LogP) is 0.253. The first-order chi connectivity index (χ1) is 10.0. The van der Waals surface area contributed by atoms with Crippen LogP contribution in [0.2, 0.25) is 0 Å². The second kappa shape index (κ2) is 6.42. The van der Waals surface area contributed by atoms with Crippen molar-refractivity contribution in [1.82, 2.24) is 4.90 Å². The zero-order valence-corrected chi connectivity index (χ0v) is 12.1. The Hall–Kier alpha value is -2.32. The molecule has 110 valence electrons. The number of benzene rings is 1. The molecule has 0 aromatic heterocycles. The molecule has 0 bridgehead atoms. The number of nitrogens with two attached hydrogens (primary N) is 2. The summed E-state index contributed by atoms with van der Waals surface area (Å²) in [5.41, 5.74) is 13.1. The minimum atomic E-state index is -0.339. The third kappa shape index (κ3) is 3.41.